The van der Waals surface area contributed by atoms with Crippen LogP contribution in [-0.4, -0.2) is 61.5 Å². The SMILES string of the molecule is C[C@H](CCC(=O)NCCS(=O)(=O)O)[C@H]1CCC2C3C(CC[C@@]21C)[C@]1(C)CC[C@@H](OS(=O)(=O)O)C[C@@H]1C[C@H]3O. The van der Waals surface area contributed by atoms with Gasteiger partial charge in [-0.05, 0) is 104 Å². The van der Waals surface area contributed by atoms with E-state index in [0.717, 1.165) is 32.1 Å². The van der Waals surface area contributed by atoms with Gasteiger partial charge in [0.25, 0.3) is 10.1 Å². The Kier molecular flexibility index (Phi) is 8.65. The fraction of sp³-hybridized carbons (Fsp3) is 0.962. The monoisotopic (exact) mass is 579 g/mol. The van der Waals surface area contributed by atoms with Crippen molar-refractivity contribution in [3.05, 3.63) is 0 Å². The molecular weight excluding hydrogens is 534 g/mol. The molecule has 0 bridgehead atoms. The Hall–Kier alpha value is -0.790. The lowest BCUT2D eigenvalue weighted by Crippen LogP contribution is -2.58. The number of fused-ring (bicyclic) bond motifs is 5. The third kappa shape index (κ3) is 6.25. The molecule has 38 heavy (non-hydrogen) atoms. The van der Waals surface area contributed by atoms with Crippen molar-refractivity contribution in [1.29, 1.82) is 0 Å². The zero-order valence-electron chi connectivity index (χ0n) is 22.7. The fourth-order valence-corrected chi connectivity index (χ4v) is 10.3. The van der Waals surface area contributed by atoms with E-state index in [4.69, 9.17) is 13.3 Å². The first-order valence-corrected chi connectivity index (χ1v) is 17.1. The van der Waals surface area contributed by atoms with Crippen molar-refractivity contribution in [2.45, 2.75) is 97.2 Å². The van der Waals surface area contributed by atoms with Gasteiger partial charge in [-0.25, -0.2) is 4.18 Å². The van der Waals surface area contributed by atoms with Crippen LogP contribution in [0.25, 0.3) is 0 Å². The molecule has 10 atom stereocenters. The number of carbonyl (C=O) groups excluding carboxylic acids is 1. The van der Waals surface area contributed by atoms with Crippen LogP contribution in [0.3, 0.4) is 0 Å². The normalized spacial score (nSPS) is 42.0. The van der Waals surface area contributed by atoms with E-state index in [0.29, 0.717) is 55.8 Å². The minimum atomic E-state index is -4.50. The summed E-state index contributed by atoms with van der Waals surface area (Å²) in [6, 6.07) is 0. The van der Waals surface area contributed by atoms with Gasteiger partial charge in [-0.2, -0.15) is 16.8 Å². The molecule has 4 saturated carbocycles. The average molecular weight is 580 g/mol. The van der Waals surface area contributed by atoms with E-state index in [1.54, 1.807) is 0 Å². The van der Waals surface area contributed by atoms with Crippen molar-refractivity contribution < 1.29 is 40.0 Å². The van der Waals surface area contributed by atoms with Gasteiger partial charge in [0.05, 0.1) is 18.0 Å². The number of amides is 1. The first kappa shape index (κ1) is 30.2. The van der Waals surface area contributed by atoms with Crippen LogP contribution in [0.5, 0.6) is 0 Å². The second-order valence-electron chi connectivity index (χ2n) is 13.1. The maximum absolute atomic E-state index is 12.2. The zero-order valence-corrected chi connectivity index (χ0v) is 24.3. The molecule has 220 valence electrons. The molecule has 0 aliphatic heterocycles. The fourth-order valence-electron chi connectivity index (χ4n) is 9.39. The number of hydrogen-bond acceptors (Lipinski definition) is 7. The summed E-state index contributed by atoms with van der Waals surface area (Å²) >= 11 is 0. The van der Waals surface area contributed by atoms with Crippen molar-refractivity contribution in [3.63, 3.8) is 0 Å². The minimum absolute atomic E-state index is 0.00808. The van der Waals surface area contributed by atoms with Gasteiger partial charge in [-0.15, -0.1) is 0 Å². The van der Waals surface area contributed by atoms with E-state index in [-0.39, 0.29) is 35.1 Å². The summed E-state index contributed by atoms with van der Waals surface area (Å²) in [6.45, 7) is 6.77. The van der Waals surface area contributed by atoms with Gasteiger partial charge < -0.3 is 10.4 Å². The Balaban J connectivity index is 1.39. The highest BCUT2D eigenvalue weighted by Gasteiger charge is 2.63. The minimum Gasteiger partial charge on any atom is -0.393 e. The molecule has 1 amide bonds. The lowest BCUT2D eigenvalue weighted by atomic mass is 9.43. The van der Waals surface area contributed by atoms with Crippen molar-refractivity contribution in [2.24, 2.45) is 46.3 Å². The van der Waals surface area contributed by atoms with Crippen LogP contribution in [0.1, 0.15) is 85.0 Å². The molecule has 10 nitrogen and oxygen atoms in total. The van der Waals surface area contributed by atoms with Gasteiger partial charge in [0.1, 0.15) is 0 Å². The highest BCUT2D eigenvalue weighted by Crippen LogP contribution is 2.68. The van der Waals surface area contributed by atoms with E-state index in [1.807, 2.05) is 0 Å². The number of nitrogens with one attached hydrogen (secondary N) is 1. The molecule has 4 fully saturated rings. The predicted molar refractivity (Wildman–Crippen MR) is 141 cm³/mol. The highest BCUT2D eigenvalue weighted by atomic mass is 32.3. The number of carbonyl (C=O) groups is 1. The van der Waals surface area contributed by atoms with Crippen LogP contribution in [0.15, 0.2) is 0 Å². The third-order valence-corrected chi connectivity index (χ3v) is 12.4. The summed E-state index contributed by atoms with van der Waals surface area (Å²) in [6.07, 6.45) is 6.79. The molecule has 0 aromatic carbocycles. The average Bonchev–Trinajstić information content (AvgIpc) is 3.14. The number of aliphatic hydroxyl groups excluding tert-OH is 1. The van der Waals surface area contributed by atoms with E-state index >= 15 is 0 Å². The van der Waals surface area contributed by atoms with Crippen molar-refractivity contribution in [1.82, 2.24) is 5.32 Å². The molecule has 4 N–H and O–H groups in total. The highest BCUT2D eigenvalue weighted by molar-refractivity contribution is 7.85. The van der Waals surface area contributed by atoms with Gasteiger partial charge >= 0.3 is 10.4 Å². The van der Waals surface area contributed by atoms with Crippen LogP contribution in [-0.2, 0) is 29.5 Å². The Morgan fingerprint density at radius 1 is 1.00 bits per heavy atom. The standard InChI is InChI=1S/C26H45NO9S2/c1-16(4-7-23(29)27-12-13-37(30,31)32)19-5-6-20-24-21(9-11-26(19,20)3)25(2)10-8-18(36-38(33,34)35)14-17(25)15-22(24)28/h16-22,24,28H,4-15H2,1-3H3,(H,27,29)(H,30,31,32)(H,33,34,35)/t16-,17-,18-,19-,20?,21?,22-,24?,25-,26-/m1/s1. The molecule has 0 radical (unpaired) electrons. The second kappa shape index (κ2) is 10.9. The number of hydrogen-bond donors (Lipinski definition) is 4. The molecular formula is C26H45NO9S2. The summed E-state index contributed by atoms with van der Waals surface area (Å²) in [5.74, 6) is 1.17. The van der Waals surface area contributed by atoms with Gasteiger partial charge in [0.15, 0.2) is 0 Å². The Bertz CT molecular complexity index is 1100. The van der Waals surface area contributed by atoms with Gasteiger partial charge in [0, 0.05) is 13.0 Å². The van der Waals surface area contributed by atoms with E-state index in [9.17, 15) is 26.7 Å². The van der Waals surface area contributed by atoms with Crippen LogP contribution < -0.4 is 5.32 Å². The lowest BCUT2D eigenvalue weighted by Gasteiger charge is -2.62. The van der Waals surface area contributed by atoms with E-state index in [1.165, 1.54) is 0 Å². The first-order valence-electron chi connectivity index (χ1n) is 14.1. The van der Waals surface area contributed by atoms with Crippen LogP contribution in [0, 0.1) is 46.3 Å². The van der Waals surface area contributed by atoms with Gasteiger partial charge in [-0.1, -0.05) is 20.8 Å². The summed E-state index contributed by atoms with van der Waals surface area (Å²) in [4.78, 5) is 12.2. The van der Waals surface area contributed by atoms with Crippen molar-refractivity contribution in [3.8, 4) is 0 Å². The molecule has 0 aromatic rings. The van der Waals surface area contributed by atoms with E-state index < -0.39 is 38.5 Å². The smallest absolute Gasteiger partial charge is 0.393 e. The number of rotatable bonds is 9. The molecule has 12 heteroatoms. The van der Waals surface area contributed by atoms with E-state index in [2.05, 4.69) is 26.1 Å². The Morgan fingerprint density at radius 2 is 1.66 bits per heavy atom. The van der Waals surface area contributed by atoms with Gasteiger partial charge in [-0.3, -0.25) is 13.9 Å². The topological polar surface area (TPSA) is 167 Å². The molecule has 4 rings (SSSR count). The largest absolute Gasteiger partial charge is 0.397 e. The van der Waals surface area contributed by atoms with Crippen LogP contribution in [0.2, 0.25) is 0 Å². The molecule has 4 aliphatic rings. The number of aliphatic hydroxyl groups is 1. The van der Waals surface area contributed by atoms with Crippen molar-refractivity contribution in [2.75, 3.05) is 12.3 Å². The first-order chi connectivity index (χ1) is 17.5. The molecule has 4 aliphatic carbocycles. The molecule has 0 spiro atoms. The Morgan fingerprint density at radius 3 is 2.32 bits per heavy atom. The Labute approximate surface area is 227 Å². The molecule has 3 unspecified atom stereocenters. The quantitative estimate of drug-likeness (QED) is 0.300. The summed E-state index contributed by atoms with van der Waals surface area (Å²) in [5, 5.41) is 14.0. The predicted octanol–water partition coefficient (Wildman–Crippen LogP) is 3.22. The maximum atomic E-state index is 12.2. The van der Waals surface area contributed by atoms with Crippen LogP contribution >= 0.6 is 0 Å². The molecule has 0 saturated heterocycles. The van der Waals surface area contributed by atoms with Crippen LogP contribution in [0.4, 0.5) is 0 Å². The summed E-state index contributed by atoms with van der Waals surface area (Å²) < 4.78 is 67.2. The molecule has 0 aromatic heterocycles. The molecule has 0 heterocycles. The summed E-state index contributed by atoms with van der Waals surface area (Å²) in [5.41, 5.74) is 0.0889. The second-order valence-corrected chi connectivity index (χ2v) is 15.7. The van der Waals surface area contributed by atoms with Gasteiger partial charge in [0.2, 0.25) is 5.91 Å². The summed E-state index contributed by atoms with van der Waals surface area (Å²) in [7, 11) is -8.59. The lowest BCUT2D eigenvalue weighted by molar-refractivity contribution is -0.172. The van der Waals surface area contributed by atoms with Crippen molar-refractivity contribution >= 4 is 26.4 Å². The maximum Gasteiger partial charge on any atom is 0.397 e. The third-order valence-electron chi connectivity index (χ3n) is 11.2. The zero-order chi connectivity index (χ0) is 28.1.